The van der Waals surface area contributed by atoms with Crippen LogP contribution in [0.1, 0.15) is 0 Å². The van der Waals surface area contributed by atoms with Gasteiger partial charge in [0, 0.05) is 26.2 Å². The van der Waals surface area contributed by atoms with E-state index >= 15 is 0 Å². The van der Waals surface area contributed by atoms with Gasteiger partial charge in [-0.15, -0.1) is 0 Å². The number of hydrogen-bond donors (Lipinski definition) is 2. The third-order valence-electron chi connectivity index (χ3n) is 3.20. The number of aromatic nitrogens is 2. The molecule has 0 amide bonds. The lowest BCUT2D eigenvalue weighted by atomic mass is 10.3. The first-order valence-electron chi connectivity index (χ1n) is 6.34. The highest BCUT2D eigenvalue weighted by atomic mass is 19.4. The average Bonchev–Trinajstić information content (AvgIpc) is 2.45. The zero-order chi connectivity index (χ0) is 15.5. The fourth-order valence-electron chi connectivity index (χ4n) is 2.25. The van der Waals surface area contributed by atoms with Gasteiger partial charge in [-0.3, -0.25) is 4.90 Å². The number of anilines is 2. The van der Waals surface area contributed by atoms with Crippen molar-refractivity contribution in [1.82, 2.24) is 14.9 Å². The van der Waals surface area contributed by atoms with Gasteiger partial charge in [0.15, 0.2) is 11.6 Å². The van der Waals surface area contributed by atoms with Crippen molar-refractivity contribution in [3.05, 3.63) is 6.33 Å². The Bertz CT molecular complexity index is 476. The Balaban J connectivity index is 2.06. The van der Waals surface area contributed by atoms with Gasteiger partial charge in [-0.1, -0.05) is 0 Å². The minimum atomic E-state index is -4.18. The maximum atomic E-state index is 12.4. The van der Waals surface area contributed by atoms with Crippen molar-refractivity contribution >= 4 is 11.6 Å². The van der Waals surface area contributed by atoms with Crippen molar-refractivity contribution in [2.24, 2.45) is 5.84 Å². The molecule has 2 rings (SSSR count). The molecule has 1 fully saturated rings. The number of rotatable bonds is 4. The van der Waals surface area contributed by atoms with E-state index in [1.54, 1.807) is 0 Å². The lowest BCUT2D eigenvalue weighted by Crippen LogP contribution is -2.49. The van der Waals surface area contributed by atoms with Gasteiger partial charge in [-0.05, 0) is 0 Å². The molecule has 118 valence electrons. The second-order valence-electron chi connectivity index (χ2n) is 4.60. The molecule has 0 radical (unpaired) electrons. The number of nitrogen functional groups attached to an aromatic ring is 1. The van der Waals surface area contributed by atoms with Gasteiger partial charge in [0.2, 0.25) is 5.75 Å². The molecule has 0 spiro atoms. The molecule has 10 heteroatoms. The Hall–Kier alpha value is -1.81. The SMILES string of the molecule is COc1c(NN)ncnc1N1CCN(CC(F)(F)F)CC1. The quantitative estimate of drug-likeness (QED) is 0.618. The van der Waals surface area contributed by atoms with Crippen molar-refractivity contribution in [1.29, 1.82) is 0 Å². The molecule has 21 heavy (non-hydrogen) atoms. The lowest BCUT2D eigenvalue weighted by molar-refractivity contribution is -0.146. The second kappa shape index (κ2) is 6.31. The molecule has 1 aromatic heterocycles. The van der Waals surface area contributed by atoms with Crippen molar-refractivity contribution in [3.63, 3.8) is 0 Å². The summed E-state index contributed by atoms with van der Waals surface area (Å²) < 4.78 is 42.3. The van der Waals surface area contributed by atoms with E-state index in [4.69, 9.17) is 10.6 Å². The van der Waals surface area contributed by atoms with Crippen molar-refractivity contribution in [2.45, 2.75) is 6.18 Å². The van der Waals surface area contributed by atoms with Crippen LogP contribution in [0.4, 0.5) is 24.8 Å². The Labute approximate surface area is 119 Å². The van der Waals surface area contributed by atoms with Gasteiger partial charge in [0.05, 0.1) is 13.7 Å². The topological polar surface area (TPSA) is 79.5 Å². The number of hydrogen-bond acceptors (Lipinski definition) is 7. The molecule has 0 unspecified atom stereocenters. The van der Waals surface area contributed by atoms with E-state index in [1.807, 2.05) is 4.90 Å². The zero-order valence-electron chi connectivity index (χ0n) is 11.5. The van der Waals surface area contributed by atoms with E-state index < -0.39 is 12.7 Å². The first kappa shape index (κ1) is 15.6. The molecule has 0 aliphatic carbocycles. The van der Waals surface area contributed by atoms with E-state index in [0.717, 1.165) is 0 Å². The molecule has 1 aliphatic heterocycles. The summed E-state index contributed by atoms with van der Waals surface area (Å²) in [6.45, 7) is 0.564. The Morgan fingerprint density at radius 2 is 1.95 bits per heavy atom. The molecular weight excluding hydrogens is 289 g/mol. The Morgan fingerprint density at radius 3 is 2.48 bits per heavy atom. The summed E-state index contributed by atoms with van der Waals surface area (Å²) in [5, 5.41) is 0. The molecule has 3 N–H and O–H groups in total. The van der Waals surface area contributed by atoms with E-state index in [2.05, 4.69) is 15.4 Å². The van der Waals surface area contributed by atoms with Gasteiger partial charge in [0.25, 0.3) is 0 Å². The van der Waals surface area contributed by atoms with Gasteiger partial charge < -0.3 is 15.1 Å². The fraction of sp³-hybridized carbons (Fsp3) is 0.636. The van der Waals surface area contributed by atoms with Crippen LogP contribution in [-0.4, -0.2) is 60.9 Å². The number of ether oxygens (including phenoxy) is 1. The smallest absolute Gasteiger partial charge is 0.401 e. The number of nitrogens with one attached hydrogen (secondary N) is 1. The summed E-state index contributed by atoms with van der Waals surface area (Å²) in [5.74, 6) is 6.58. The largest absolute Gasteiger partial charge is 0.490 e. The molecule has 0 bridgehead atoms. The summed E-state index contributed by atoms with van der Waals surface area (Å²) in [6, 6.07) is 0. The summed E-state index contributed by atoms with van der Waals surface area (Å²) >= 11 is 0. The molecule has 0 aromatic carbocycles. The van der Waals surface area contributed by atoms with Crippen molar-refractivity contribution in [2.75, 3.05) is 50.2 Å². The monoisotopic (exact) mass is 306 g/mol. The van der Waals surface area contributed by atoms with Crippen LogP contribution in [0.5, 0.6) is 5.75 Å². The van der Waals surface area contributed by atoms with E-state index in [9.17, 15) is 13.2 Å². The summed E-state index contributed by atoms with van der Waals surface area (Å²) in [7, 11) is 1.46. The predicted octanol–water partition coefficient (Wildman–Crippen LogP) is 0.455. The van der Waals surface area contributed by atoms with Crippen LogP contribution in [-0.2, 0) is 0 Å². The number of alkyl halides is 3. The minimum absolute atomic E-state index is 0.304. The van der Waals surface area contributed by atoms with Gasteiger partial charge in [-0.25, -0.2) is 15.8 Å². The average molecular weight is 306 g/mol. The van der Waals surface area contributed by atoms with E-state index in [0.29, 0.717) is 43.6 Å². The molecule has 7 nitrogen and oxygen atoms in total. The highest BCUT2D eigenvalue weighted by Gasteiger charge is 2.32. The Morgan fingerprint density at radius 1 is 1.29 bits per heavy atom. The normalized spacial score (nSPS) is 16.9. The van der Waals surface area contributed by atoms with Gasteiger partial charge in [0.1, 0.15) is 6.33 Å². The van der Waals surface area contributed by atoms with Crippen LogP contribution in [0.2, 0.25) is 0 Å². The minimum Gasteiger partial charge on any atom is -0.490 e. The number of halogens is 3. The number of methoxy groups -OCH3 is 1. The van der Waals surface area contributed by atoms with Gasteiger partial charge >= 0.3 is 6.18 Å². The highest BCUT2D eigenvalue weighted by Crippen LogP contribution is 2.32. The third kappa shape index (κ3) is 3.85. The fourth-order valence-corrected chi connectivity index (χ4v) is 2.25. The first-order valence-corrected chi connectivity index (χ1v) is 6.34. The third-order valence-corrected chi connectivity index (χ3v) is 3.20. The second-order valence-corrected chi connectivity index (χ2v) is 4.60. The van der Waals surface area contributed by atoms with E-state index in [-0.39, 0.29) is 0 Å². The molecular formula is C11H17F3N6O. The highest BCUT2D eigenvalue weighted by molar-refractivity contribution is 5.64. The van der Waals surface area contributed by atoms with Crippen molar-refractivity contribution in [3.8, 4) is 5.75 Å². The molecule has 1 aromatic rings. The zero-order valence-corrected chi connectivity index (χ0v) is 11.5. The number of nitrogens with zero attached hydrogens (tertiary/aromatic N) is 4. The lowest BCUT2D eigenvalue weighted by Gasteiger charge is -2.36. The molecule has 0 saturated carbocycles. The predicted molar refractivity (Wildman–Crippen MR) is 71.1 cm³/mol. The molecule has 1 saturated heterocycles. The molecule has 1 aliphatic rings. The van der Waals surface area contributed by atoms with Crippen molar-refractivity contribution < 1.29 is 17.9 Å². The number of nitrogens with two attached hydrogens (primary N) is 1. The molecule has 2 heterocycles. The number of hydrazine groups is 1. The van der Waals surface area contributed by atoms with Gasteiger partial charge in [-0.2, -0.15) is 13.2 Å². The first-order chi connectivity index (χ1) is 9.94. The maximum absolute atomic E-state index is 12.4. The van der Waals surface area contributed by atoms with Crippen LogP contribution >= 0.6 is 0 Å². The van der Waals surface area contributed by atoms with Crippen LogP contribution in [0.15, 0.2) is 6.33 Å². The van der Waals surface area contributed by atoms with Crippen LogP contribution in [0, 0.1) is 0 Å². The maximum Gasteiger partial charge on any atom is 0.401 e. The standard InChI is InChI=1S/C11H17F3N6O/c1-21-8-9(18-15)16-7-17-10(8)20-4-2-19(3-5-20)6-11(12,13)14/h7H,2-6,15H2,1H3,(H,16,17,18). The summed E-state index contributed by atoms with van der Waals surface area (Å²) in [5.41, 5.74) is 2.40. The Kier molecular flexibility index (Phi) is 4.68. The van der Waals surface area contributed by atoms with Crippen LogP contribution in [0.25, 0.3) is 0 Å². The number of piperazine rings is 1. The van der Waals surface area contributed by atoms with Crippen LogP contribution < -0.4 is 20.9 Å². The molecule has 0 atom stereocenters. The van der Waals surface area contributed by atoms with E-state index in [1.165, 1.54) is 18.3 Å². The summed E-state index contributed by atoms with van der Waals surface area (Å²) in [6.07, 6.45) is -2.85. The van der Waals surface area contributed by atoms with Crippen LogP contribution in [0.3, 0.4) is 0 Å². The summed E-state index contributed by atoms with van der Waals surface area (Å²) in [4.78, 5) is 11.3.